The molecule has 0 saturated carbocycles. The molecule has 0 bridgehead atoms. The molecule has 8 heteroatoms. The van der Waals surface area contributed by atoms with E-state index in [1.54, 1.807) is 20.8 Å². The Bertz CT molecular complexity index is 1180. The van der Waals surface area contributed by atoms with Gasteiger partial charge in [0.2, 0.25) is 5.91 Å². The molecule has 1 aromatic heterocycles. The summed E-state index contributed by atoms with van der Waals surface area (Å²) in [6, 6.07) is -0.804. The van der Waals surface area contributed by atoms with Crippen LogP contribution in [0.15, 0.2) is 54.4 Å². The van der Waals surface area contributed by atoms with Crippen molar-refractivity contribution in [3.63, 3.8) is 0 Å². The smallest absolute Gasteiger partial charge is 0.338 e. The van der Waals surface area contributed by atoms with E-state index in [1.807, 2.05) is 37.3 Å². The van der Waals surface area contributed by atoms with Crippen LogP contribution in [-0.2, 0) is 14.3 Å². The van der Waals surface area contributed by atoms with E-state index in [0.717, 1.165) is 5.57 Å². The van der Waals surface area contributed by atoms with Crippen LogP contribution in [-0.4, -0.2) is 44.6 Å². The number of esters is 1. The van der Waals surface area contributed by atoms with Crippen LogP contribution in [0, 0.1) is 23.2 Å². The molecular formula is C30H39N3O5. The van der Waals surface area contributed by atoms with Crippen LogP contribution >= 0.6 is 0 Å². The lowest BCUT2D eigenvalue weighted by Crippen LogP contribution is -2.47. The number of allylic oxidation sites excluding steroid dienone is 7. The van der Waals surface area contributed by atoms with Gasteiger partial charge in [-0.3, -0.25) is 4.79 Å². The zero-order chi connectivity index (χ0) is 28.3. The zero-order valence-electron chi connectivity index (χ0n) is 23.3. The molecule has 0 fully saturated rings. The van der Waals surface area contributed by atoms with Gasteiger partial charge in [0.05, 0.1) is 11.5 Å². The summed E-state index contributed by atoms with van der Waals surface area (Å²) >= 11 is 0. The van der Waals surface area contributed by atoms with Crippen LogP contribution in [0.2, 0.25) is 0 Å². The van der Waals surface area contributed by atoms with E-state index in [2.05, 4.69) is 42.1 Å². The number of ether oxygens (including phenoxy) is 1. The number of carboxylic acid groups (broad SMARTS) is 1. The summed E-state index contributed by atoms with van der Waals surface area (Å²) in [5.41, 5.74) is 1.31. The molecule has 0 aliphatic heterocycles. The minimum Gasteiger partial charge on any atom is -0.478 e. The second-order valence-electron chi connectivity index (χ2n) is 12.0. The number of nitrogens with zero attached hydrogens (tertiary/aromatic N) is 2. The molecule has 1 amide bonds. The van der Waals surface area contributed by atoms with Crippen molar-refractivity contribution in [3.05, 3.63) is 65.8 Å². The maximum Gasteiger partial charge on any atom is 0.338 e. The number of rotatable bonds is 7. The first kappa shape index (κ1) is 29.0. The molecule has 0 aromatic carbocycles. The van der Waals surface area contributed by atoms with Crippen molar-refractivity contribution in [1.82, 2.24) is 15.3 Å². The summed E-state index contributed by atoms with van der Waals surface area (Å²) in [4.78, 5) is 45.7. The topological polar surface area (TPSA) is 118 Å². The maximum absolute atomic E-state index is 13.2. The molecule has 0 spiro atoms. The second-order valence-corrected chi connectivity index (χ2v) is 12.0. The minimum absolute atomic E-state index is 0.0101. The van der Waals surface area contributed by atoms with Crippen LogP contribution in [0.5, 0.6) is 0 Å². The van der Waals surface area contributed by atoms with Crippen LogP contribution in [0.3, 0.4) is 0 Å². The van der Waals surface area contributed by atoms with Crippen LogP contribution < -0.4 is 5.32 Å². The molecular weight excluding hydrogens is 482 g/mol. The molecule has 38 heavy (non-hydrogen) atoms. The molecule has 3 unspecified atom stereocenters. The van der Waals surface area contributed by atoms with Crippen LogP contribution in [0.25, 0.3) is 5.57 Å². The summed E-state index contributed by atoms with van der Waals surface area (Å²) in [5, 5.41) is 12.0. The van der Waals surface area contributed by atoms with Gasteiger partial charge in [-0.15, -0.1) is 0 Å². The van der Waals surface area contributed by atoms with Gasteiger partial charge in [-0.05, 0) is 56.4 Å². The first-order valence-corrected chi connectivity index (χ1v) is 13.0. The SMILES string of the molecule is CC1C=C(c2ncc(C(=O)O)cn2)C=CC1C[C@H](NC(=O)C1C=CC(C(C)(C)C)=CC1)C(=O)OC(C)(C)C. The Balaban J connectivity index is 1.72. The highest BCUT2D eigenvalue weighted by molar-refractivity contribution is 5.88. The first-order chi connectivity index (χ1) is 17.6. The Hall–Kier alpha value is -3.55. The van der Waals surface area contributed by atoms with Crippen LogP contribution in [0.1, 0.15) is 77.5 Å². The Kier molecular flexibility index (Phi) is 8.75. The second kappa shape index (κ2) is 11.5. The number of nitrogens with one attached hydrogen (secondary N) is 1. The summed E-state index contributed by atoms with van der Waals surface area (Å²) in [5.74, 6) is -1.67. The van der Waals surface area contributed by atoms with E-state index < -0.39 is 23.6 Å². The number of carbonyl (C=O) groups excluding carboxylic acids is 2. The van der Waals surface area contributed by atoms with Crippen molar-refractivity contribution in [2.75, 3.05) is 0 Å². The fourth-order valence-electron chi connectivity index (χ4n) is 4.40. The van der Waals surface area contributed by atoms with E-state index in [9.17, 15) is 14.4 Å². The Morgan fingerprint density at radius 1 is 1.08 bits per heavy atom. The maximum atomic E-state index is 13.2. The zero-order valence-corrected chi connectivity index (χ0v) is 23.3. The monoisotopic (exact) mass is 521 g/mol. The van der Waals surface area contributed by atoms with Gasteiger partial charge in [0.15, 0.2) is 5.82 Å². The molecule has 8 nitrogen and oxygen atoms in total. The van der Waals surface area contributed by atoms with Crippen molar-refractivity contribution in [2.24, 2.45) is 23.2 Å². The standard InChI is InChI=1S/C30H39N3O5/c1-18-14-21(25-31-16-22(17-32-25)27(35)36)9-8-20(18)15-24(28(37)38-30(5,6)7)33-26(34)19-10-12-23(13-11-19)29(2,3)4/h8-10,12-14,16-20,24H,11,15H2,1-7H3,(H,33,34)(H,35,36)/t18?,19?,20?,24-/m0/s1. The Labute approximate surface area is 225 Å². The number of hydrogen-bond acceptors (Lipinski definition) is 6. The van der Waals surface area contributed by atoms with E-state index in [0.29, 0.717) is 18.7 Å². The van der Waals surface area contributed by atoms with Crippen molar-refractivity contribution >= 4 is 23.4 Å². The highest BCUT2D eigenvalue weighted by Crippen LogP contribution is 2.32. The van der Waals surface area contributed by atoms with E-state index in [4.69, 9.17) is 9.84 Å². The predicted octanol–water partition coefficient (Wildman–Crippen LogP) is 5.15. The number of hydrogen-bond donors (Lipinski definition) is 2. The normalized spacial score (nSPS) is 22.2. The molecule has 0 radical (unpaired) electrons. The summed E-state index contributed by atoms with van der Waals surface area (Å²) < 4.78 is 5.66. The summed E-state index contributed by atoms with van der Waals surface area (Å²) in [7, 11) is 0. The van der Waals surface area contributed by atoms with Gasteiger partial charge in [-0.2, -0.15) is 0 Å². The Morgan fingerprint density at radius 3 is 2.24 bits per heavy atom. The van der Waals surface area contributed by atoms with Gasteiger partial charge in [-0.1, -0.05) is 64.2 Å². The molecule has 2 aliphatic rings. The average Bonchev–Trinajstić information content (AvgIpc) is 2.83. The third-order valence-corrected chi connectivity index (χ3v) is 6.62. The fraction of sp³-hybridized carbons (Fsp3) is 0.500. The van der Waals surface area contributed by atoms with E-state index >= 15 is 0 Å². The van der Waals surface area contributed by atoms with Gasteiger partial charge in [-0.25, -0.2) is 19.6 Å². The molecule has 4 atom stereocenters. The number of carboxylic acids is 1. The van der Waals surface area contributed by atoms with Crippen molar-refractivity contribution in [1.29, 1.82) is 0 Å². The molecule has 2 aliphatic carbocycles. The molecule has 0 saturated heterocycles. The van der Waals surface area contributed by atoms with E-state index in [-0.39, 0.29) is 34.6 Å². The van der Waals surface area contributed by atoms with Gasteiger partial charge in [0, 0.05) is 18.0 Å². The molecule has 204 valence electrons. The summed E-state index contributed by atoms with van der Waals surface area (Å²) in [6.45, 7) is 13.9. The van der Waals surface area contributed by atoms with Crippen molar-refractivity contribution in [3.8, 4) is 0 Å². The van der Waals surface area contributed by atoms with Gasteiger partial charge < -0.3 is 15.2 Å². The molecule has 1 aromatic rings. The van der Waals surface area contributed by atoms with Crippen molar-refractivity contribution in [2.45, 2.75) is 73.0 Å². The lowest BCUT2D eigenvalue weighted by molar-refractivity contribution is -0.159. The highest BCUT2D eigenvalue weighted by Gasteiger charge is 2.33. The number of carbonyl (C=O) groups is 3. The van der Waals surface area contributed by atoms with Gasteiger partial charge in [0.25, 0.3) is 0 Å². The molecule has 2 N–H and O–H groups in total. The quantitative estimate of drug-likeness (QED) is 0.477. The summed E-state index contributed by atoms with van der Waals surface area (Å²) in [6.07, 6.45) is 15.4. The van der Waals surface area contributed by atoms with Gasteiger partial charge in [0.1, 0.15) is 11.6 Å². The number of aromatic carboxylic acids is 1. The third-order valence-electron chi connectivity index (χ3n) is 6.62. The largest absolute Gasteiger partial charge is 0.478 e. The predicted molar refractivity (Wildman–Crippen MR) is 146 cm³/mol. The van der Waals surface area contributed by atoms with Crippen LogP contribution in [0.4, 0.5) is 0 Å². The van der Waals surface area contributed by atoms with E-state index in [1.165, 1.54) is 18.0 Å². The minimum atomic E-state index is -1.08. The van der Waals surface area contributed by atoms with Gasteiger partial charge >= 0.3 is 11.9 Å². The third kappa shape index (κ3) is 7.73. The lowest BCUT2D eigenvalue weighted by atomic mass is 9.81. The fourth-order valence-corrected chi connectivity index (χ4v) is 4.40. The van der Waals surface area contributed by atoms with Crippen molar-refractivity contribution < 1.29 is 24.2 Å². The first-order valence-electron chi connectivity index (χ1n) is 13.0. The average molecular weight is 522 g/mol. The Morgan fingerprint density at radius 2 is 1.74 bits per heavy atom. The number of amides is 1. The molecule has 1 heterocycles. The number of aromatic nitrogens is 2. The lowest BCUT2D eigenvalue weighted by Gasteiger charge is -2.30. The highest BCUT2D eigenvalue weighted by atomic mass is 16.6. The molecule has 3 rings (SSSR count).